The van der Waals surface area contributed by atoms with Gasteiger partial charge in [-0.05, 0) is 32.6 Å². The molecule has 3 heteroatoms. The third-order valence-corrected chi connectivity index (χ3v) is 3.47. The van der Waals surface area contributed by atoms with Gasteiger partial charge < -0.3 is 9.47 Å². The van der Waals surface area contributed by atoms with Crippen LogP contribution >= 0.6 is 0 Å². The lowest BCUT2D eigenvalue weighted by Gasteiger charge is -2.44. The van der Waals surface area contributed by atoms with Crippen LogP contribution in [0.25, 0.3) is 0 Å². The zero-order chi connectivity index (χ0) is 12.0. The van der Waals surface area contributed by atoms with Crippen molar-refractivity contribution in [3.8, 4) is 0 Å². The van der Waals surface area contributed by atoms with E-state index in [-0.39, 0.29) is 17.5 Å². The van der Waals surface area contributed by atoms with Crippen LogP contribution in [0, 0.1) is 5.41 Å². The number of esters is 1. The van der Waals surface area contributed by atoms with Crippen LogP contribution in [0.4, 0.5) is 0 Å². The number of ether oxygens (including phenoxy) is 2. The summed E-state index contributed by atoms with van der Waals surface area (Å²) in [6, 6.07) is 0. The van der Waals surface area contributed by atoms with Crippen LogP contribution in [-0.4, -0.2) is 25.3 Å². The fourth-order valence-electron chi connectivity index (χ4n) is 2.21. The monoisotopic (exact) mass is 228 g/mol. The summed E-state index contributed by atoms with van der Waals surface area (Å²) in [5, 5.41) is 0. The summed E-state index contributed by atoms with van der Waals surface area (Å²) in [6.45, 7) is 7.36. The van der Waals surface area contributed by atoms with Gasteiger partial charge in [0.1, 0.15) is 0 Å². The average molecular weight is 228 g/mol. The maximum Gasteiger partial charge on any atom is 0.312 e. The molecule has 0 unspecified atom stereocenters. The Morgan fingerprint density at radius 1 is 1.31 bits per heavy atom. The van der Waals surface area contributed by atoms with Gasteiger partial charge >= 0.3 is 5.97 Å². The molecule has 0 aliphatic heterocycles. The summed E-state index contributed by atoms with van der Waals surface area (Å²) in [7, 11) is 0. The Labute approximate surface area is 98.5 Å². The highest BCUT2D eigenvalue weighted by molar-refractivity contribution is 5.78. The van der Waals surface area contributed by atoms with Crippen LogP contribution in [0.5, 0.6) is 0 Å². The molecule has 94 valence electrons. The van der Waals surface area contributed by atoms with Gasteiger partial charge in [-0.2, -0.15) is 0 Å². The van der Waals surface area contributed by atoms with Crippen molar-refractivity contribution in [3.63, 3.8) is 0 Å². The number of unbranched alkanes of at least 4 members (excludes halogenated alkanes) is 1. The average Bonchev–Trinajstić information content (AvgIpc) is 2.22. The first-order chi connectivity index (χ1) is 7.68. The lowest BCUT2D eigenvalue weighted by Crippen LogP contribution is -2.48. The number of carbonyl (C=O) groups is 1. The predicted octanol–water partition coefficient (Wildman–Crippen LogP) is 2.93. The topological polar surface area (TPSA) is 35.5 Å². The van der Waals surface area contributed by atoms with Gasteiger partial charge in [-0.15, -0.1) is 0 Å². The zero-order valence-corrected chi connectivity index (χ0v) is 10.8. The summed E-state index contributed by atoms with van der Waals surface area (Å²) < 4.78 is 10.8. The zero-order valence-electron chi connectivity index (χ0n) is 10.8. The van der Waals surface area contributed by atoms with E-state index in [1.807, 2.05) is 6.92 Å². The van der Waals surface area contributed by atoms with E-state index in [4.69, 9.17) is 9.47 Å². The maximum absolute atomic E-state index is 11.8. The molecule has 0 aromatic rings. The molecule has 0 saturated heterocycles. The number of hydrogen-bond acceptors (Lipinski definition) is 3. The highest BCUT2D eigenvalue weighted by atomic mass is 16.5. The van der Waals surface area contributed by atoms with Crippen LogP contribution in [0.1, 0.15) is 52.9 Å². The van der Waals surface area contributed by atoms with Crippen molar-refractivity contribution in [2.45, 2.75) is 59.0 Å². The Bertz CT molecular complexity index is 219. The molecule has 0 atom stereocenters. The molecule has 0 aromatic heterocycles. The van der Waals surface area contributed by atoms with Crippen LogP contribution in [0.15, 0.2) is 0 Å². The van der Waals surface area contributed by atoms with Crippen LogP contribution in [0.3, 0.4) is 0 Å². The van der Waals surface area contributed by atoms with Crippen LogP contribution < -0.4 is 0 Å². The van der Waals surface area contributed by atoms with Gasteiger partial charge in [-0.25, -0.2) is 0 Å². The largest absolute Gasteiger partial charge is 0.466 e. The van der Waals surface area contributed by atoms with Crippen LogP contribution in [0.2, 0.25) is 0 Å². The lowest BCUT2D eigenvalue weighted by atomic mass is 9.65. The molecule has 1 aliphatic rings. The summed E-state index contributed by atoms with van der Waals surface area (Å²) in [5.41, 5.74) is -0.243. The predicted molar refractivity (Wildman–Crippen MR) is 63.2 cm³/mol. The Morgan fingerprint density at radius 3 is 2.50 bits per heavy atom. The summed E-state index contributed by atoms with van der Waals surface area (Å²) in [5.74, 6) is -0.0344. The van der Waals surface area contributed by atoms with Crippen molar-refractivity contribution in [1.29, 1.82) is 0 Å². The Kier molecular flexibility index (Phi) is 5.26. The molecule has 16 heavy (non-hydrogen) atoms. The van der Waals surface area contributed by atoms with Crippen molar-refractivity contribution >= 4 is 5.97 Å². The first-order valence-electron chi connectivity index (χ1n) is 6.47. The third kappa shape index (κ3) is 2.97. The van der Waals surface area contributed by atoms with E-state index in [0.29, 0.717) is 6.61 Å². The van der Waals surface area contributed by atoms with Gasteiger partial charge in [0.2, 0.25) is 0 Å². The van der Waals surface area contributed by atoms with E-state index in [1.165, 1.54) is 0 Å². The molecule has 3 nitrogen and oxygen atoms in total. The van der Waals surface area contributed by atoms with Gasteiger partial charge in [0.25, 0.3) is 0 Å². The standard InChI is InChI=1S/C13H24O3/c1-4-7-8-16-11-9-13(5-2,10-11)12(14)15-6-3/h11H,4-10H2,1-3H3. The molecule has 0 spiro atoms. The second kappa shape index (κ2) is 6.24. The molecule has 0 heterocycles. The molecule has 0 amide bonds. The smallest absolute Gasteiger partial charge is 0.312 e. The summed E-state index contributed by atoms with van der Waals surface area (Å²) >= 11 is 0. The molecule has 0 radical (unpaired) electrons. The number of rotatable bonds is 7. The van der Waals surface area contributed by atoms with E-state index in [0.717, 1.165) is 38.7 Å². The van der Waals surface area contributed by atoms with Gasteiger partial charge in [-0.3, -0.25) is 4.79 Å². The second-order valence-corrected chi connectivity index (χ2v) is 4.61. The Morgan fingerprint density at radius 2 is 2.00 bits per heavy atom. The van der Waals surface area contributed by atoms with Crippen LogP contribution in [-0.2, 0) is 14.3 Å². The minimum absolute atomic E-state index is 0.0344. The van der Waals surface area contributed by atoms with E-state index in [1.54, 1.807) is 0 Å². The SMILES string of the molecule is CCCCOC1CC(CC)(C(=O)OCC)C1. The van der Waals surface area contributed by atoms with Crippen molar-refractivity contribution in [2.24, 2.45) is 5.41 Å². The van der Waals surface area contributed by atoms with Crippen molar-refractivity contribution in [3.05, 3.63) is 0 Å². The Hall–Kier alpha value is -0.570. The summed E-state index contributed by atoms with van der Waals surface area (Å²) in [4.78, 5) is 11.8. The highest BCUT2D eigenvalue weighted by Crippen LogP contribution is 2.46. The number of carbonyl (C=O) groups excluding carboxylic acids is 1. The highest BCUT2D eigenvalue weighted by Gasteiger charge is 2.50. The first-order valence-corrected chi connectivity index (χ1v) is 6.47. The molecular formula is C13H24O3. The van der Waals surface area contributed by atoms with E-state index in [9.17, 15) is 4.79 Å². The molecule has 1 rings (SSSR count). The normalized spacial score (nSPS) is 28.6. The maximum atomic E-state index is 11.8. The molecule has 0 aromatic carbocycles. The van der Waals surface area contributed by atoms with Gasteiger partial charge in [0, 0.05) is 6.61 Å². The van der Waals surface area contributed by atoms with E-state index >= 15 is 0 Å². The fourth-order valence-corrected chi connectivity index (χ4v) is 2.21. The molecular weight excluding hydrogens is 204 g/mol. The number of hydrogen-bond donors (Lipinski definition) is 0. The summed E-state index contributed by atoms with van der Waals surface area (Å²) in [6.07, 6.45) is 5.08. The lowest BCUT2D eigenvalue weighted by molar-refractivity contribution is -0.174. The van der Waals surface area contributed by atoms with Gasteiger partial charge in [-0.1, -0.05) is 20.3 Å². The molecule has 1 saturated carbocycles. The van der Waals surface area contributed by atoms with Gasteiger partial charge in [0.15, 0.2) is 0 Å². The molecule has 1 aliphatic carbocycles. The van der Waals surface area contributed by atoms with Crippen molar-refractivity contribution in [1.82, 2.24) is 0 Å². The van der Waals surface area contributed by atoms with Crippen molar-refractivity contribution < 1.29 is 14.3 Å². The minimum Gasteiger partial charge on any atom is -0.466 e. The quantitative estimate of drug-likeness (QED) is 0.496. The minimum atomic E-state index is -0.243. The third-order valence-electron chi connectivity index (χ3n) is 3.47. The Balaban J connectivity index is 2.30. The van der Waals surface area contributed by atoms with Gasteiger partial charge in [0.05, 0.1) is 18.1 Å². The molecule has 0 bridgehead atoms. The van der Waals surface area contributed by atoms with Crippen molar-refractivity contribution in [2.75, 3.05) is 13.2 Å². The molecule has 1 fully saturated rings. The fraction of sp³-hybridized carbons (Fsp3) is 0.923. The molecule has 0 N–H and O–H groups in total. The van der Waals surface area contributed by atoms with E-state index < -0.39 is 0 Å². The van der Waals surface area contributed by atoms with E-state index in [2.05, 4.69) is 13.8 Å². The second-order valence-electron chi connectivity index (χ2n) is 4.61. The first kappa shape index (κ1) is 13.5.